The molecule has 0 aromatic rings. The molecule has 0 heterocycles. The first-order valence-corrected chi connectivity index (χ1v) is 14.2. The van der Waals surface area contributed by atoms with Gasteiger partial charge in [-0.3, -0.25) is 9.59 Å². The van der Waals surface area contributed by atoms with Crippen LogP contribution in [0.2, 0.25) is 0 Å². The molecular weight excluding hydrogens is 420 g/mol. The van der Waals surface area contributed by atoms with Crippen molar-refractivity contribution in [2.45, 2.75) is 119 Å². The van der Waals surface area contributed by atoms with Crippen molar-refractivity contribution >= 4 is 11.8 Å². The molecule has 34 heavy (non-hydrogen) atoms. The molecule has 4 aliphatic rings. The number of ether oxygens (including phenoxy) is 1. The molecule has 0 aliphatic heterocycles. The molecule has 0 saturated heterocycles. The van der Waals surface area contributed by atoms with Gasteiger partial charge >= 0.3 is 5.97 Å². The summed E-state index contributed by atoms with van der Waals surface area (Å²) >= 11 is 0. The van der Waals surface area contributed by atoms with E-state index in [1.54, 1.807) is 11.1 Å². The molecule has 0 aromatic heterocycles. The van der Waals surface area contributed by atoms with E-state index in [2.05, 4.69) is 41.5 Å². The lowest BCUT2D eigenvalue weighted by Gasteiger charge is -2.61. The summed E-state index contributed by atoms with van der Waals surface area (Å²) < 4.78 is 4.92. The van der Waals surface area contributed by atoms with E-state index in [4.69, 9.17) is 4.74 Å². The normalized spacial score (nSPS) is 40.8. The molecule has 7 atom stereocenters. The number of rotatable bonds is 6. The number of fused-ring (bicyclic) bond motifs is 4. The third-order valence-corrected chi connectivity index (χ3v) is 12.1. The minimum atomic E-state index is -0.179. The molecule has 192 valence electrons. The molecule has 0 radical (unpaired) electrons. The number of allylic oxidation sites excluding steroid dienone is 2. The van der Waals surface area contributed by atoms with Crippen LogP contribution in [0.1, 0.15) is 119 Å². The first-order chi connectivity index (χ1) is 15.8. The van der Waals surface area contributed by atoms with Gasteiger partial charge in [-0.1, -0.05) is 72.5 Å². The van der Waals surface area contributed by atoms with Crippen molar-refractivity contribution in [2.75, 3.05) is 7.11 Å². The van der Waals surface area contributed by atoms with Gasteiger partial charge in [0.15, 0.2) is 0 Å². The fourth-order valence-electron chi connectivity index (χ4n) is 9.71. The Labute approximate surface area is 208 Å². The van der Waals surface area contributed by atoms with Gasteiger partial charge in [0.1, 0.15) is 5.78 Å². The largest absolute Gasteiger partial charge is 0.469 e. The molecule has 4 rings (SSSR count). The van der Waals surface area contributed by atoms with Gasteiger partial charge < -0.3 is 4.74 Å². The predicted octanol–water partition coefficient (Wildman–Crippen LogP) is 7.92. The van der Waals surface area contributed by atoms with Crippen LogP contribution >= 0.6 is 0 Å². The van der Waals surface area contributed by atoms with Crippen molar-refractivity contribution in [1.82, 2.24) is 0 Å². The lowest BCUT2D eigenvalue weighted by atomic mass is 9.43. The van der Waals surface area contributed by atoms with Crippen molar-refractivity contribution in [3.05, 3.63) is 11.1 Å². The van der Waals surface area contributed by atoms with Gasteiger partial charge in [-0.25, -0.2) is 0 Å². The number of esters is 1. The predicted molar refractivity (Wildman–Crippen MR) is 138 cm³/mol. The summed E-state index contributed by atoms with van der Waals surface area (Å²) in [5.41, 5.74) is 4.27. The van der Waals surface area contributed by atoms with Gasteiger partial charge in [0.2, 0.25) is 0 Å². The van der Waals surface area contributed by atoms with Crippen molar-refractivity contribution in [3.8, 4) is 0 Å². The highest BCUT2D eigenvalue weighted by Crippen LogP contribution is 2.72. The zero-order valence-corrected chi connectivity index (χ0v) is 23.3. The van der Waals surface area contributed by atoms with Gasteiger partial charge in [-0.2, -0.15) is 0 Å². The Morgan fingerprint density at radius 1 is 0.941 bits per heavy atom. The average Bonchev–Trinajstić information content (AvgIpc) is 3.07. The van der Waals surface area contributed by atoms with Crippen LogP contribution in [-0.4, -0.2) is 18.9 Å². The Morgan fingerprint density at radius 2 is 1.65 bits per heavy atom. The van der Waals surface area contributed by atoms with Crippen molar-refractivity contribution < 1.29 is 14.3 Å². The van der Waals surface area contributed by atoms with E-state index >= 15 is 0 Å². The fourth-order valence-corrected chi connectivity index (χ4v) is 9.71. The highest BCUT2D eigenvalue weighted by Gasteiger charge is 2.63. The van der Waals surface area contributed by atoms with E-state index in [1.807, 2.05) is 6.92 Å². The second kappa shape index (κ2) is 8.77. The van der Waals surface area contributed by atoms with E-state index in [1.165, 1.54) is 52.1 Å². The van der Waals surface area contributed by atoms with Crippen LogP contribution in [0.15, 0.2) is 11.1 Å². The summed E-state index contributed by atoms with van der Waals surface area (Å²) in [6.45, 7) is 16.7. The van der Waals surface area contributed by atoms with Crippen molar-refractivity contribution in [2.24, 2.45) is 45.3 Å². The van der Waals surface area contributed by atoms with E-state index in [-0.39, 0.29) is 22.7 Å². The highest BCUT2D eigenvalue weighted by molar-refractivity contribution is 5.85. The molecule has 0 N–H and O–H groups in total. The van der Waals surface area contributed by atoms with Crippen LogP contribution < -0.4 is 0 Å². The highest BCUT2D eigenvalue weighted by atomic mass is 16.5. The van der Waals surface area contributed by atoms with Crippen LogP contribution in [0.5, 0.6) is 0 Å². The molecule has 3 nitrogen and oxygen atoms in total. The number of hydrogen-bond donors (Lipinski definition) is 0. The summed E-state index contributed by atoms with van der Waals surface area (Å²) in [7, 11) is 1.49. The lowest BCUT2D eigenvalue weighted by Crippen LogP contribution is -2.53. The summed E-state index contributed by atoms with van der Waals surface area (Å²) in [6, 6.07) is 0. The number of methoxy groups -OCH3 is 1. The number of ketones is 1. The van der Waals surface area contributed by atoms with E-state index in [0.717, 1.165) is 31.6 Å². The summed E-state index contributed by atoms with van der Waals surface area (Å²) in [4.78, 5) is 24.6. The van der Waals surface area contributed by atoms with Gasteiger partial charge in [-0.15, -0.1) is 0 Å². The molecule has 0 bridgehead atoms. The zero-order valence-electron chi connectivity index (χ0n) is 23.3. The second-order valence-corrected chi connectivity index (χ2v) is 13.8. The number of Topliss-reactive ketones (excluding diaryl/α,β-unsaturated/α-hetero) is 1. The Hall–Kier alpha value is -1.12. The molecule has 4 aliphatic carbocycles. The van der Waals surface area contributed by atoms with Gasteiger partial charge in [-0.05, 0) is 85.4 Å². The molecule has 0 unspecified atom stereocenters. The topological polar surface area (TPSA) is 43.4 Å². The number of carbonyl (C=O) groups excluding carboxylic acids is 2. The molecule has 2 fully saturated rings. The van der Waals surface area contributed by atoms with Crippen molar-refractivity contribution in [3.63, 3.8) is 0 Å². The average molecular weight is 471 g/mol. The smallest absolute Gasteiger partial charge is 0.308 e. The first kappa shape index (κ1) is 26.0. The maximum Gasteiger partial charge on any atom is 0.308 e. The lowest BCUT2D eigenvalue weighted by molar-refractivity contribution is -0.145. The second-order valence-electron chi connectivity index (χ2n) is 13.8. The molecule has 2 saturated carbocycles. The first-order valence-electron chi connectivity index (χ1n) is 14.2. The third-order valence-electron chi connectivity index (χ3n) is 12.1. The minimum Gasteiger partial charge on any atom is -0.469 e. The van der Waals surface area contributed by atoms with Crippen LogP contribution in [0.25, 0.3) is 0 Å². The summed E-state index contributed by atoms with van der Waals surface area (Å²) in [5, 5.41) is 0. The monoisotopic (exact) mass is 470 g/mol. The van der Waals surface area contributed by atoms with Crippen molar-refractivity contribution in [1.29, 1.82) is 0 Å². The summed E-state index contributed by atoms with van der Waals surface area (Å²) in [6.07, 6.45) is 12.6. The van der Waals surface area contributed by atoms with Crippen LogP contribution in [-0.2, 0) is 14.3 Å². The molecule has 0 aromatic carbocycles. The molecule has 3 heteroatoms. The van der Waals surface area contributed by atoms with Crippen LogP contribution in [0.3, 0.4) is 0 Å². The fraction of sp³-hybridized carbons (Fsp3) is 0.871. The maximum absolute atomic E-state index is 12.8. The molecular formula is C31H50O3. The van der Waals surface area contributed by atoms with E-state index in [0.29, 0.717) is 28.4 Å². The van der Waals surface area contributed by atoms with Gasteiger partial charge in [0.25, 0.3) is 0 Å². The van der Waals surface area contributed by atoms with Gasteiger partial charge in [0, 0.05) is 11.8 Å². The SMILES string of the molecule is COC(=O)[C@H](C)CCC[C@H](C)[C@@H]1CC[C@]2(C)C3=C(CC[C@@]12C)[C@@]1(C)CCC(=O)C(C)(C)[C@@H]1CC3. The van der Waals surface area contributed by atoms with E-state index in [9.17, 15) is 9.59 Å². The summed E-state index contributed by atoms with van der Waals surface area (Å²) in [5.74, 6) is 2.37. The van der Waals surface area contributed by atoms with Gasteiger partial charge in [0.05, 0.1) is 13.0 Å². The Bertz CT molecular complexity index is 868. The Kier molecular flexibility index (Phi) is 6.69. The minimum absolute atomic E-state index is 0.00609. The standard InChI is InChI=1S/C31H50O3/c1-20(10-9-11-21(2)27(33)34-8)22-14-18-31(7)24-12-13-25-28(3,4)26(32)16-17-29(25,5)23(24)15-19-30(22,31)6/h20-22,25H,9-19H2,1-8H3/t20-,21+,22-,25-,29+,30-,31+/m0/s1. The molecule has 0 amide bonds. The zero-order chi connectivity index (χ0) is 25.1. The maximum atomic E-state index is 12.8. The molecule has 0 spiro atoms. The van der Waals surface area contributed by atoms with Crippen LogP contribution in [0, 0.1) is 45.3 Å². The number of carbonyl (C=O) groups is 2. The number of hydrogen-bond acceptors (Lipinski definition) is 3. The Balaban J connectivity index is 1.55. The third kappa shape index (κ3) is 3.65. The Morgan fingerprint density at radius 3 is 2.32 bits per heavy atom. The van der Waals surface area contributed by atoms with E-state index < -0.39 is 0 Å². The quantitative estimate of drug-likeness (QED) is 0.292. The van der Waals surface area contributed by atoms with Crippen LogP contribution in [0.4, 0.5) is 0 Å².